The van der Waals surface area contributed by atoms with Gasteiger partial charge in [0.2, 0.25) is 5.82 Å². The van der Waals surface area contributed by atoms with Gasteiger partial charge in [-0.25, -0.2) is 4.79 Å². The summed E-state index contributed by atoms with van der Waals surface area (Å²) in [6.45, 7) is 7.34. The number of aryl methyl sites for hydroxylation is 1. The van der Waals surface area contributed by atoms with Crippen molar-refractivity contribution in [1.29, 1.82) is 0 Å². The number of hydrogen-bond donors (Lipinski definition) is 1. The maximum atomic E-state index is 12.1. The van der Waals surface area contributed by atoms with Crippen LogP contribution in [0.3, 0.4) is 0 Å². The van der Waals surface area contributed by atoms with E-state index in [1.807, 2.05) is 13.0 Å². The molecule has 0 atom stereocenters. The smallest absolute Gasteiger partial charge is 0.347 e. The second-order valence-electron chi connectivity index (χ2n) is 4.67. The van der Waals surface area contributed by atoms with E-state index in [1.165, 1.54) is 0 Å². The van der Waals surface area contributed by atoms with Gasteiger partial charge in [0.1, 0.15) is 5.56 Å². The molecule has 0 aliphatic rings. The quantitative estimate of drug-likeness (QED) is 0.585. The van der Waals surface area contributed by atoms with Gasteiger partial charge in [0.05, 0.1) is 5.76 Å². The van der Waals surface area contributed by atoms with E-state index in [0.29, 0.717) is 22.5 Å². The lowest BCUT2D eigenvalue weighted by molar-refractivity contribution is 0.421. The van der Waals surface area contributed by atoms with Gasteiger partial charge in [-0.15, -0.1) is 10.2 Å². The predicted octanol–water partition coefficient (Wildman–Crippen LogP) is 2.19. The fourth-order valence-corrected chi connectivity index (χ4v) is 2.04. The molecule has 0 saturated heterocycles. The molecule has 0 radical (unpaired) electrons. The summed E-state index contributed by atoms with van der Waals surface area (Å²) in [7, 11) is 0. The Morgan fingerprint density at radius 1 is 1.38 bits per heavy atom. The molecule has 3 rings (SSSR count). The van der Waals surface area contributed by atoms with Crippen LogP contribution >= 0.6 is 0 Å². The molecule has 7 nitrogen and oxygen atoms in total. The van der Waals surface area contributed by atoms with E-state index in [2.05, 4.69) is 27.2 Å². The average molecular weight is 284 g/mol. The molecule has 3 aromatic rings. The molecular formula is C14H12N4O3. The number of benzene rings is 1. The number of hydrogen-bond acceptors (Lipinski definition) is 6. The van der Waals surface area contributed by atoms with Crippen LogP contribution in [0.4, 0.5) is 0 Å². The highest BCUT2D eigenvalue weighted by molar-refractivity contribution is 5.86. The molecule has 0 unspecified atom stereocenters. The SMILES string of the molecule is C=C(C)Oc1cc(C)cc2cc(-c3nn[nH]n3)c(=O)oc12. The molecule has 1 aromatic carbocycles. The van der Waals surface area contributed by atoms with Gasteiger partial charge in [-0.1, -0.05) is 6.58 Å². The first-order valence-electron chi connectivity index (χ1n) is 6.20. The van der Waals surface area contributed by atoms with Crippen molar-refractivity contribution in [3.8, 4) is 17.1 Å². The standard InChI is InChI=1S/C14H12N4O3/c1-7(2)20-11-5-8(3)4-9-6-10(13-15-17-18-16-13)14(19)21-12(9)11/h4-6H,1H2,2-3H3,(H,15,16,17,18). The van der Waals surface area contributed by atoms with E-state index in [-0.39, 0.29) is 11.4 Å². The predicted molar refractivity (Wildman–Crippen MR) is 75.8 cm³/mol. The maximum absolute atomic E-state index is 12.1. The van der Waals surface area contributed by atoms with Gasteiger partial charge in [0.15, 0.2) is 11.3 Å². The summed E-state index contributed by atoms with van der Waals surface area (Å²) in [5, 5.41) is 14.0. The zero-order valence-corrected chi connectivity index (χ0v) is 11.5. The van der Waals surface area contributed by atoms with Gasteiger partial charge in [-0.2, -0.15) is 5.21 Å². The first kappa shape index (κ1) is 13.0. The zero-order chi connectivity index (χ0) is 15.0. The number of allylic oxidation sites excluding steroid dienone is 1. The molecule has 106 valence electrons. The van der Waals surface area contributed by atoms with Crippen molar-refractivity contribution in [1.82, 2.24) is 20.6 Å². The van der Waals surface area contributed by atoms with Crippen molar-refractivity contribution in [2.75, 3.05) is 0 Å². The van der Waals surface area contributed by atoms with Gasteiger partial charge >= 0.3 is 5.63 Å². The first-order valence-corrected chi connectivity index (χ1v) is 6.20. The first-order chi connectivity index (χ1) is 10.0. The van der Waals surface area contributed by atoms with Crippen LogP contribution in [-0.4, -0.2) is 20.6 Å². The Balaban J connectivity index is 2.28. The summed E-state index contributed by atoms with van der Waals surface area (Å²) in [6, 6.07) is 5.32. The molecule has 0 aliphatic carbocycles. The van der Waals surface area contributed by atoms with E-state index >= 15 is 0 Å². The van der Waals surface area contributed by atoms with E-state index in [4.69, 9.17) is 9.15 Å². The largest absolute Gasteiger partial charge is 0.459 e. The van der Waals surface area contributed by atoms with Crippen LogP contribution < -0.4 is 10.4 Å². The Labute approximate surface area is 119 Å². The summed E-state index contributed by atoms with van der Waals surface area (Å²) < 4.78 is 10.9. The Kier molecular flexibility index (Phi) is 3.02. The number of nitrogens with one attached hydrogen (secondary N) is 1. The highest BCUT2D eigenvalue weighted by atomic mass is 16.5. The Morgan fingerprint density at radius 3 is 2.86 bits per heavy atom. The number of tetrazole rings is 1. The van der Waals surface area contributed by atoms with Crippen LogP contribution in [0.5, 0.6) is 5.75 Å². The van der Waals surface area contributed by atoms with E-state index in [0.717, 1.165) is 5.56 Å². The van der Waals surface area contributed by atoms with Crippen LogP contribution in [0.2, 0.25) is 0 Å². The van der Waals surface area contributed by atoms with Crippen molar-refractivity contribution < 1.29 is 9.15 Å². The van der Waals surface area contributed by atoms with Crippen LogP contribution in [0, 0.1) is 6.92 Å². The van der Waals surface area contributed by atoms with Gasteiger partial charge in [-0.3, -0.25) is 0 Å². The molecule has 1 N–H and O–H groups in total. The minimum atomic E-state index is -0.556. The Morgan fingerprint density at radius 2 is 2.19 bits per heavy atom. The molecule has 2 heterocycles. The molecule has 7 heteroatoms. The number of aromatic nitrogens is 4. The lowest BCUT2D eigenvalue weighted by atomic mass is 10.1. The summed E-state index contributed by atoms with van der Waals surface area (Å²) in [5.74, 6) is 1.15. The fourth-order valence-electron chi connectivity index (χ4n) is 2.04. The molecule has 0 spiro atoms. The lowest BCUT2D eigenvalue weighted by Gasteiger charge is -2.09. The third-order valence-corrected chi connectivity index (χ3v) is 2.81. The van der Waals surface area contributed by atoms with Gasteiger partial charge < -0.3 is 9.15 Å². The number of nitrogens with zero attached hydrogens (tertiary/aromatic N) is 3. The van der Waals surface area contributed by atoms with Crippen LogP contribution in [0.25, 0.3) is 22.4 Å². The molecular weight excluding hydrogens is 272 g/mol. The molecule has 0 aliphatic heterocycles. The normalized spacial score (nSPS) is 10.8. The fraction of sp³-hybridized carbons (Fsp3) is 0.143. The van der Waals surface area contributed by atoms with Crippen molar-refractivity contribution in [3.05, 3.63) is 46.5 Å². The van der Waals surface area contributed by atoms with Crippen LogP contribution in [-0.2, 0) is 0 Å². The number of fused-ring (bicyclic) bond motifs is 1. The third-order valence-electron chi connectivity index (χ3n) is 2.81. The van der Waals surface area contributed by atoms with Gasteiger partial charge in [0.25, 0.3) is 0 Å². The molecule has 21 heavy (non-hydrogen) atoms. The van der Waals surface area contributed by atoms with Crippen molar-refractivity contribution >= 4 is 11.0 Å². The third kappa shape index (κ3) is 2.40. The van der Waals surface area contributed by atoms with Gasteiger partial charge in [-0.05, 0) is 42.8 Å². The minimum Gasteiger partial charge on any atom is -0.459 e. The average Bonchev–Trinajstić information content (AvgIpc) is 2.92. The van der Waals surface area contributed by atoms with E-state index in [1.54, 1.807) is 19.1 Å². The van der Waals surface area contributed by atoms with E-state index < -0.39 is 5.63 Å². The number of ether oxygens (including phenoxy) is 1. The van der Waals surface area contributed by atoms with Crippen LogP contribution in [0.15, 0.2) is 39.7 Å². The zero-order valence-electron chi connectivity index (χ0n) is 11.5. The topological polar surface area (TPSA) is 93.9 Å². The van der Waals surface area contributed by atoms with E-state index in [9.17, 15) is 4.79 Å². The molecule has 0 bridgehead atoms. The number of H-pyrrole nitrogens is 1. The molecule has 0 saturated carbocycles. The summed E-state index contributed by atoms with van der Waals surface area (Å²) in [4.78, 5) is 12.1. The van der Waals surface area contributed by atoms with Gasteiger partial charge in [0, 0.05) is 5.39 Å². The Hall–Kier alpha value is -2.96. The second-order valence-corrected chi connectivity index (χ2v) is 4.67. The highest BCUT2D eigenvalue weighted by Gasteiger charge is 2.15. The van der Waals surface area contributed by atoms with Crippen molar-refractivity contribution in [2.45, 2.75) is 13.8 Å². The summed E-state index contributed by atoms with van der Waals surface area (Å²) in [6.07, 6.45) is 0. The second kappa shape index (κ2) is 4.86. The minimum absolute atomic E-state index is 0.189. The molecule has 0 fully saturated rings. The monoisotopic (exact) mass is 284 g/mol. The number of aromatic amines is 1. The summed E-state index contributed by atoms with van der Waals surface area (Å²) in [5.41, 5.74) is 1.01. The number of rotatable bonds is 3. The Bertz CT molecular complexity index is 881. The lowest BCUT2D eigenvalue weighted by Crippen LogP contribution is -2.05. The maximum Gasteiger partial charge on any atom is 0.347 e. The highest BCUT2D eigenvalue weighted by Crippen LogP contribution is 2.29. The van der Waals surface area contributed by atoms with Crippen LogP contribution in [0.1, 0.15) is 12.5 Å². The van der Waals surface area contributed by atoms with Crippen molar-refractivity contribution in [3.63, 3.8) is 0 Å². The van der Waals surface area contributed by atoms with Crippen molar-refractivity contribution in [2.24, 2.45) is 0 Å². The molecule has 2 aromatic heterocycles. The summed E-state index contributed by atoms with van der Waals surface area (Å²) >= 11 is 0. The molecule has 0 amide bonds.